The van der Waals surface area contributed by atoms with Gasteiger partial charge in [0, 0.05) is 31.3 Å². The number of ether oxygens (including phenoxy) is 1. The summed E-state index contributed by atoms with van der Waals surface area (Å²) in [5.74, 6) is 0. The van der Waals surface area contributed by atoms with Gasteiger partial charge in [-0.25, -0.2) is 13.4 Å². The predicted molar refractivity (Wildman–Crippen MR) is 53.5 cm³/mol. The van der Waals surface area contributed by atoms with Gasteiger partial charge in [0.05, 0.1) is 13.2 Å². The molecule has 0 atom stereocenters. The van der Waals surface area contributed by atoms with Crippen LogP contribution in [0, 0.1) is 0 Å². The fourth-order valence-corrected chi connectivity index (χ4v) is 1.90. The number of rotatable bonds is 3. The van der Waals surface area contributed by atoms with Crippen LogP contribution in [0.5, 0.6) is 0 Å². The van der Waals surface area contributed by atoms with Crippen LogP contribution in [0.25, 0.3) is 0 Å². The smallest absolute Gasteiger partial charge is 0.379 e. The standard InChI is InChI=1S/C8H15FN2O2S/c1-7(2)11(8(9)12)14-10-3-5-13-6-4-10/h7H,3-6H2,1-2H3. The van der Waals surface area contributed by atoms with Gasteiger partial charge in [0.1, 0.15) is 0 Å². The summed E-state index contributed by atoms with van der Waals surface area (Å²) in [6.45, 7) is 6.29. The molecule has 1 amide bonds. The molecule has 14 heavy (non-hydrogen) atoms. The fraction of sp³-hybridized carbons (Fsp3) is 0.875. The van der Waals surface area contributed by atoms with Crippen LogP contribution in [0.2, 0.25) is 0 Å². The zero-order chi connectivity index (χ0) is 10.6. The lowest BCUT2D eigenvalue weighted by Crippen LogP contribution is -2.37. The molecular weight excluding hydrogens is 207 g/mol. The molecule has 1 saturated heterocycles. The molecule has 0 radical (unpaired) electrons. The first-order chi connectivity index (χ1) is 6.61. The van der Waals surface area contributed by atoms with Crippen molar-refractivity contribution in [2.45, 2.75) is 19.9 Å². The molecule has 0 spiro atoms. The van der Waals surface area contributed by atoms with E-state index in [1.807, 2.05) is 4.31 Å². The summed E-state index contributed by atoms with van der Waals surface area (Å²) in [5.41, 5.74) is 0. The van der Waals surface area contributed by atoms with Gasteiger partial charge in [0.2, 0.25) is 0 Å². The molecule has 1 heterocycles. The van der Waals surface area contributed by atoms with Gasteiger partial charge in [-0.3, -0.25) is 0 Å². The Bertz CT molecular complexity index is 198. The van der Waals surface area contributed by atoms with Crippen LogP contribution in [0.1, 0.15) is 13.8 Å². The lowest BCUT2D eigenvalue weighted by Gasteiger charge is -2.30. The Balaban J connectivity index is 2.41. The van der Waals surface area contributed by atoms with E-state index in [-0.39, 0.29) is 6.04 Å². The minimum Gasteiger partial charge on any atom is -0.379 e. The molecule has 1 aliphatic rings. The van der Waals surface area contributed by atoms with E-state index < -0.39 is 6.16 Å². The normalized spacial score (nSPS) is 18.6. The van der Waals surface area contributed by atoms with Crippen molar-refractivity contribution in [2.24, 2.45) is 0 Å². The number of amides is 1. The van der Waals surface area contributed by atoms with Crippen LogP contribution in [-0.4, -0.2) is 47.1 Å². The van der Waals surface area contributed by atoms with Crippen molar-refractivity contribution in [3.63, 3.8) is 0 Å². The van der Waals surface area contributed by atoms with Crippen molar-refractivity contribution in [3.8, 4) is 0 Å². The molecular formula is C8H15FN2O2S. The highest BCUT2D eigenvalue weighted by Gasteiger charge is 2.22. The van der Waals surface area contributed by atoms with Crippen LogP contribution in [0.3, 0.4) is 0 Å². The van der Waals surface area contributed by atoms with Crippen LogP contribution in [0.4, 0.5) is 9.18 Å². The zero-order valence-corrected chi connectivity index (χ0v) is 9.22. The monoisotopic (exact) mass is 222 g/mol. The third-order valence-electron chi connectivity index (χ3n) is 1.82. The van der Waals surface area contributed by atoms with E-state index in [1.165, 1.54) is 0 Å². The van der Waals surface area contributed by atoms with Crippen LogP contribution < -0.4 is 0 Å². The molecule has 1 rings (SSSR count). The minimum absolute atomic E-state index is 0.139. The summed E-state index contributed by atoms with van der Waals surface area (Å²) in [4.78, 5) is 10.6. The van der Waals surface area contributed by atoms with E-state index >= 15 is 0 Å². The second-order valence-corrected chi connectivity index (χ2v) is 4.37. The molecule has 0 saturated carbocycles. The van der Waals surface area contributed by atoms with Gasteiger partial charge >= 0.3 is 6.16 Å². The molecule has 4 nitrogen and oxygen atoms in total. The van der Waals surface area contributed by atoms with E-state index in [9.17, 15) is 9.18 Å². The summed E-state index contributed by atoms with van der Waals surface area (Å²) in [6.07, 6.45) is -1.39. The maximum Gasteiger partial charge on any atom is 0.411 e. The SMILES string of the molecule is CC(C)N(SN1CCOCC1)C(=O)F. The van der Waals surface area contributed by atoms with Gasteiger partial charge in [-0.1, -0.05) is 0 Å². The zero-order valence-electron chi connectivity index (χ0n) is 8.40. The average Bonchev–Trinajstić information content (AvgIpc) is 2.15. The van der Waals surface area contributed by atoms with Gasteiger partial charge < -0.3 is 4.74 Å². The van der Waals surface area contributed by atoms with Gasteiger partial charge in [0.15, 0.2) is 0 Å². The molecule has 0 aromatic heterocycles. The quantitative estimate of drug-likeness (QED) is 0.413. The largest absolute Gasteiger partial charge is 0.411 e. The summed E-state index contributed by atoms with van der Waals surface area (Å²) < 4.78 is 20.8. The first-order valence-electron chi connectivity index (χ1n) is 4.60. The summed E-state index contributed by atoms with van der Waals surface area (Å²) in [7, 11) is 0. The number of nitrogens with zero attached hydrogens (tertiary/aromatic N) is 2. The second-order valence-electron chi connectivity index (χ2n) is 3.30. The van der Waals surface area contributed by atoms with Crippen molar-refractivity contribution in [1.82, 2.24) is 8.61 Å². The van der Waals surface area contributed by atoms with E-state index in [1.54, 1.807) is 13.8 Å². The molecule has 0 aromatic carbocycles. The number of hydrogen-bond acceptors (Lipinski definition) is 4. The highest BCUT2D eigenvalue weighted by molar-refractivity contribution is 7.95. The Hall–Kier alpha value is -0.330. The van der Waals surface area contributed by atoms with Crippen LogP contribution in [-0.2, 0) is 4.74 Å². The number of halogens is 1. The Morgan fingerprint density at radius 3 is 2.50 bits per heavy atom. The fourth-order valence-electron chi connectivity index (χ4n) is 1.08. The van der Waals surface area contributed by atoms with Gasteiger partial charge in [-0.05, 0) is 13.8 Å². The molecule has 0 unspecified atom stereocenters. The van der Waals surface area contributed by atoms with Gasteiger partial charge in [-0.15, -0.1) is 4.39 Å². The van der Waals surface area contributed by atoms with Crippen molar-refractivity contribution in [2.75, 3.05) is 26.3 Å². The number of hydrogen-bond donors (Lipinski definition) is 0. The van der Waals surface area contributed by atoms with Crippen molar-refractivity contribution < 1.29 is 13.9 Å². The Morgan fingerprint density at radius 2 is 2.07 bits per heavy atom. The Kier molecular flexibility index (Phi) is 4.64. The van der Waals surface area contributed by atoms with E-state index in [0.717, 1.165) is 29.5 Å². The Labute approximate surface area is 87.6 Å². The molecule has 0 bridgehead atoms. The van der Waals surface area contributed by atoms with Gasteiger partial charge in [0.25, 0.3) is 0 Å². The molecule has 1 aliphatic heterocycles. The third kappa shape index (κ3) is 3.43. The highest BCUT2D eigenvalue weighted by atomic mass is 32.2. The maximum atomic E-state index is 12.6. The first-order valence-corrected chi connectivity index (χ1v) is 5.33. The highest BCUT2D eigenvalue weighted by Crippen LogP contribution is 2.21. The van der Waals surface area contributed by atoms with Crippen molar-refractivity contribution >= 4 is 18.3 Å². The minimum atomic E-state index is -1.39. The summed E-state index contributed by atoms with van der Waals surface area (Å²) in [5, 5.41) is 0. The van der Waals surface area contributed by atoms with Crippen LogP contribution in [0.15, 0.2) is 0 Å². The van der Waals surface area contributed by atoms with Crippen LogP contribution >= 0.6 is 12.1 Å². The molecule has 6 heteroatoms. The first kappa shape index (κ1) is 11.7. The topological polar surface area (TPSA) is 32.8 Å². The van der Waals surface area contributed by atoms with E-state index in [0.29, 0.717) is 13.2 Å². The van der Waals surface area contributed by atoms with E-state index in [2.05, 4.69) is 0 Å². The second kappa shape index (κ2) is 5.53. The Morgan fingerprint density at radius 1 is 1.50 bits per heavy atom. The number of carbonyl (C=O) groups excluding carboxylic acids is 1. The van der Waals surface area contributed by atoms with Crippen molar-refractivity contribution in [1.29, 1.82) is 0 Å². The summed E-state index contributed by atoms with van der Waals surface area (Å²) >= 11 is 1.14. The van der Waals surface area contributed by atoms with Crippen molar-refractivity contribution in [3.05, 3.63) is 0 Å². The molecule has 82 valence electrons. The third-order valence-corrected chi connectivity index (χ3v) is 3.15. The predicted octanol–water partition coefficient (Wildman–Crippen LogP) is 1.68. The lowest BCUT2D eigenvalue weighted by atomic mass is 10.4. The molecule has 0 aromatic rings. The van der Waals surface area contributed by atoms with Gasteiger partial charge in [-0.2, -0.15) is 0 Å². The summed E-state index contributed by atoms with van der Waals surface area (Å²) in [6, 6.07) is -0.139. The van der Waals surface area contributed by atoms with E-state index in [4.69, 9.17) is 4.74 Å². The average molecular weight is 222 g/mol. The maximum absolute atomic E-state index is 12.6. The molecule has 0 aliphatic carbocycles. The number of carbonyl (C=O) groups is 1. The lowest BCUT2D eigenvalue weighted by molar-refractivity contribution is 0.0755. The molecule has 1 fully saturated rings. The number of morpholine rings is 1. The molecule has 0 N–H and O–H groups in total.